The number of benzene rings is 1. The Kier molecular flexibility index (Phi) is 5.74. The lowest BCUT2D eigenvalue weighted by atomic mass is 9.99. The SMILES string of the molecule is CCO[P@@](=O)(C#CC(C)(C)C)[C@@](O)(c1ccccc1)C(F)(F)F. The van der Waals surface area contributed by atoms with E-state index in [2.05, 4.69) is 11.6 Å². The van der Waals surface area contributed by atoms with Gasteiger partial charge in [0.25, 0.3) is 5.34 Å². The first kappa shape index (κ1) is 19.8. The molecule has 0 bridgehead atoms. The minimum Gasteiger partial charge on any atom is -0.367 e. The standard InChI is InChI=1S/C16H20F3O3P/c1-5-22-23(21,12-11-14(2,3)4)15(20,16(17,18)19)13-9-7-6-8-10-13/h6-10,20H,5H2,1-4H3/t15-,23-/m0/s1. The Bertz CT molecular complexity index is 639. The van der Waals surface area contributed by atoms with E-state index in [0.29, 0.717) is 0 Å². The van der Waals surface area contributed by atoms with Crippen LogP contribution in [0, 0.1) is 17.0 Å². The predicted molar refractivity (Wildman–Crippen MR) is 82.9 cm³/mol. The summed E-state index contributed by atoms with van der Waals surface area (Å²) in [4.78, 5) is 0. The largest absolute Gasteiger partial charge is 0.431 e. The van der Waals surface area contributed by atoms with Crippen LogP contribution in [-0.2, 0) is 14.4 Å². The molecule has 0 radical (unpaired) electrons. The van der Waals surface area contributed by atoms with Gasteiger partial charge in [0.2, 0.25) is 0 Å². The summed E-state index contributed by atoms with van der Waals surface area (Å²) in [7, 11) is -4.81. The van der Waals surface area contributed by atoms with E-state index in [9.17, 15) is 22.8 Å². The van der Waals surface area contributed by atoms with Crippen LogP contribution in [0.1, 0.15) is 33.3 Å². The van der Waals surface area contributed by atoms with Gasteiger partial charge in [-0.2, -0.15) is 13.2 Å². The Labute approximate surface area is 134 Å². The maximum absolute atomic E-state index is 13.7. The molecule has 0 unspecified atom stereocenters. The van der Waals surface area contributed by atoms with Crippen molar-refractivity contribution in [1.29, 1.82) is 0 Å². The lowest BCUT2D eigenvalue weighted by Gasteiger charge is -2.34. The van der Waals surface area contributed by atoms with E-state index in [1.165, 1.54) is 25.1 Å². The van der Waals surface area contributed by atoms with E-state index in [-0.39, 0.29) is 6.61 Å². The van der Waals surface area contributed by atoms with Crippen molar-refractivity contribution in [3.8, 4) is 11.6 Å². The molecule has 0 spiro atoms. The van der Waals surface area contributed by atoms with Gasteiger partial charge in [-0.25, -0.2) is 0 Å². The van der Waals surface area contributed by atoms with Crippen LogP contribution in [0.25, 0.3) is 0 Å². The number of aliphatic hydroxyl groups is 1. The third kappa shape index (κ3) is 4.17. The lowest BCUT2D eigenvalue weighted by molar-refractivity contribution is -0.232. The first-order valence-electron chi connectivity index (χ1n) is 7.01. The van der Waals surface area contributed by atoms with Gasteiger partial charge in [0, 0.05) is 11.0 Å². The van der Waals surface area contributed by atoms with Gasteiger partial charge in [-0.15, -0.1) is 0 Å². The topological polar surface area (TPSA) is 46.5 Å². The fourth-order valence-corrected chi connectivity index (χ4v) is 3.88. The molecule has 0 saturated carbocycles. The summed E-state index contributed by atoms with van der Waals surface area (Å²) >= 11 is 0. The van der Waals surface area contributed by atoms with Crippen LogP contribution >= 0.6 is 7.37 Å². The van der Waals surface area contributed by atoms with E-state index < -0.39 is 29.9 Å². The molecule has 1 rings (SSSR count). The molecule has 0 amide bonds. The molecule has 3 nitrogen and oxygen atoms in total. The average molecular weight is 348 g/mol. The smallest absolute Gasteiger partial charge is 0.367 e. The van der Waals surface area contributed by atoms with Crippen LogP contribution < -0.4 is 0 Å². The first-order valence-corrected chi connectivity index (χ1v) is 8.63. The Morgan fingerprint density at radius 1 is 1.17 bits per heavy atom. The number of hydrogen-bond donors (Lipinski definition) is 1. The maximum Gasteiger partial charge on any atom is 0.431 e. The highest BCUT2D eigenvalue weighted by atomic mass is 31.2. The zero-order valence-corrected chi connectivity index (χ0v) is 14.3. The van der Waals surface area contributed by atoms with E-state index in [0.717, 1.165) is 12.1 Å². The van der Waals surface area contributed by atoms with Crippen LogP contribution in [0.2, 0.25) is 0 Å². The molecule has 0 aliphatic rings. The molecule has 128 valence electrons. The van der Waals surface area contributed by atoms with Crippen molar-refractivity contribution >= 4 is 7.37 Å². The molecule has 2 atom stereocenters. The molecule has 1 aromatic rings. The molecule has 0 aliphatic heterocycles. The molecule has 1 N–H and O–H groups in total. The monoisotopic (exact) mass is 348 g/mol. The summed E-state index contributed by atoms with van der Waals surface area (Å²) in [6.07, 6.45) is -5.22. The van der Waals surface area contributed by atoms with Crippen LogP contribution in [0.15, 0.2) is 30.3 Å². The molecule has 7 heteroatoms. The van der Waals surface area contributed by atoms with Crippen molar-refractivity contribution in [1.82, 2.24) is 0 Å². The average Bonchev–Trinajstić information content (AvgIpc) is 2.43. The van der Waals surface area contributed by atoms with E-state index in [1.54, 1.807) is 20.8 Å². The van der Waals surface area contributed by atoms with Gasteiger partial charge >= 0.3 is 13.5 Å². The van der Waals surface area contributed by atoms with Gasteiger partial charge in [-0.3, -0.25) is 4.57 Å². The molecular formula is C16H20F3O3P. The Balaban J connectivity index is 3.66. The summed E-state index contributed by atoms with van der Waals surface area (Å²) in [6.45, 7) is 6.09. The third-order valence-electron chi connectivity index (χ3n) is 2.89. The van der Waals surface area contributed by atoms with Crippen LogP contribution in [-0.4, -0.2) is 17.9 Å². The highest BCUT2D eigenvalue weighted by molar-refractivity contribution is 7.65. The van der Waals surface area contributed by atoms with Crippen molar-refractivity contribution in [3.05, 3.63) is 35.9 Å². The second kappa shape index (κ2) is 6.68. The van der Waals surface area contributed by atoms with Crippen molar-refractivity contribution in [2.75, 3.05) is 6.61 Å². The van der Waals surface area contributed by atoms with Crippen molar-refractivity contribution < 1.29 is 27.4 Å². The van der Waals surface area contributed by atoms with Crippen molar-refractivity contribution in [2.24, 2.45) is 5.41 Å². The zero-order chi connectivity index (χ0) is 17.9. The van der Waals surface area contributed by atoms with Gasteiger partial charge in [0.05, 0.1) is 6.61 Å². The second-order valence-corrected chi connectivity index (χ2v) is 8.22. The Morgan fingerprint density at radius 2 is 1.70 bits per heavy atom. The van der Waals surface area contributed by atoms with Gasteiger partial charge < -0.3 is 9.63 Å². The first-order chi connectivity index (χ1) is 10.4. The second-order valence-electron chi connectivity index (χ2n) is 5.99. The normalized spacial score (nSPS) is 17.6. The summed E-state index contributed by atoms with van der Waals surface area (Å²) in [6, 6.07) is 6.24. The molecule has 0 aromatic heterocycles. The fraction of sp³-hybridized carbons (Fsp3) is 0.500. The maximum atomic E-state index is 13.7. The van der Waals surface area contributed by atoms with Gasteiger partial charge in [0.15, 0.2) is 0 Å². The molecule has 1 aromatic carbocycles. The summed E-state index contributed by atoms with van der Waals surface area (Å²) in [5.41, 5.74) is 0.835. The fourth-order valence-electron chi connectivity index (χ4n) is 1.80. The van der Waals surface area contributed by atoms with E-state index in [1.807, 2.05) is 0 Å². The lowest BCUT2D eigenvalue weighted by Crippen LogP contribution is -2.42. The Hall–Kier alpha value is -1.28. The quantitative estimate of drug-likeness (QED) is 0.633. The number of hydrogen-bond acceptors (Lipinski definition) is 3. The highest BCUT2D eigenvalue weighted by Crippen LogP contribution is 2.68. The molecular weight excluding hydrogens is 328 g/mol. The van der Waals surface area contributed by atoms with E-state index >= 15 is 0 Å². The summed E-state index contributed by atoms with van der Waals surface area (Å²) in [5, 5.41) is 6.77. The number of rotatable bonds is 4. The minimum absolute atomic E-state index is 0.276. The molecule has 23 heavy (non-hydrogen) atoms. The summed E-state index contributed by atoms with van der Waals surface area (Å²) < 4.78 is 58.8. The molecule has 0 fully saturated rings. The minimum atomic E-state index is -5.22. The van der Waals surface area contributed by atoms with Gasteiger partial charge in [0.1, 0.15) is 0 Å². The number of alkyl halides is 3. The predicted octanol–water partition coefficient (Wildman–Crippen LogP) is 4.72. The van der Waals surface area contributed by atoms with Gasteiger partial charge in [-0.05, 0) is 33.4 Å². The molecule has 0 aliphatic carbocycles. The highest BCUT2D eigenvalue weighted by Gasteiger charge is 2.67. The van der Waals surface area contributed by atoms with E-state index in [4.69, 9.17) is 4.52 Å². The van der Waals surface area contributed by atoms with Crippen LogP contribution in [0.3, 0.4) is 0 Å². The Morgan fingerprint density at radius 3 is 2.09 bits per heavy atom. The molecule has 0 heterocycles. The summed E-state index contributed by atoms with van der Waals surface area (Å²) in [5.74, 6) is 2.50. The van der Waals surface area contributed by atoms with Crippen LogP contribution in [0.5, 0.6) is 0 Å². The number of halogens is 3. The van der Waals surface area contributed by atoms with Crippen LogP contribution in [0.4, 0.5) is 13.2 Å². The third-order valence-corrected chi connectivity index (χ3v) is 5.28. The van der Waals surface area contributed by atoms with Crippen molar-refractivity contribution in [3.63, 3.8) is 0 Å². The molecule has 0 saturated heterocycles. The zero-order valence-electron chi connectivity index (χ0n) is 13.4. The van der Waals surface area contributed by atoms with Crippen molar-refractivity contribution in [2.45, 2.75) is 39.2 Å². The van der Waals surface area contributed by atoms with Gasteiger partial charge in [-0.1, -0.05) is 36.3 Å².